The molecule has 2 fully saturated rings. The fourth-order valence-electron chi connectivity index (χ4n) is 4.75. The topological polar surface area (TPSA) is 95.9 Å². The molecule has 0 spiro atoms. The number of amides is 1. The Morgan fingerprint density at radius 3 is 2.17 bits per heavy atom. The van der Waals surface area contributed by atoms with E-state index < -0.39 is 9.84 Å². The highest BCUT2D eigenvalue weighted by Crippen LogP contribution is 2.23. The van der Waals surface area contributed by atoms with Gasteiger partial charge < -0.3 is 9.64 Å². The lowest BCUT2D eigenvalue weighted by atomic mass is 10.1. The molecule has 2 aliphatic heterocycles. The fraction of sp³-hybridized carbons (Fsp3) is 0.542. The summed E-state index contributed by atoms with van der Waals surface area (Å²) in [5.74, 6) is 0.207. The number of sulfone groups is 1. The number of ether oxygens (including phenoxy) is 1. The summed E-state index contributed by atoms with van der Waals surface area (Å²) in [7, 11) is -3.36. The number of hydrogen-bond acceptors (Lipinski definition) is 8. The van der Waals surface area contributed by atoms with Crippen molar-refractivity contribution in [2.24, 2.45) is 0 Å². The van der Waals surface area contributed by atoms with Crippen LogP contribution in [0.4, 0.5) is 15.1 Å². The van der Waals surface area contributed by atoms with Gasteiger partial charge in [-0.25, -0.2) is 27.6 Å². The van der Waals surface area contributed by atoms with E-state index in [2.05, 4.69) is 14.9 Å². The van der Waals surface area contributed by atoms with Gasteiger partial charge in [0.2, 0.25) is 5.95 Å². The van der Waals surface area contributed by atoms with E-state index in [4.69, 9.17) is 4.74 Å². The van der Waals surface area contributed by atoms with Gasteiger partial charge >= 0.3 is 6.09 Å². The number of halogens is 1. The second-order valence-electron chi connectivity index (χ2n) is 9.49. The Bertz CT molecular complexity index is 1110. The number of piperazine rings is 1. The highest BCUT2D eigenvalue weighted by Gasteiger charge is 2.36. The molecule has 3 heterocycles. The summed E-state index contributed by atoms with van der Waals surface area (Å²) in [6.45, 7) is 7.34. The summed E-state index contributed by atoms with van der Waals surface area (Å²) in [6, 6.07) is 6.31. The number of piperidine rings is 1. The van der Waals surface area contributed by atoms with Crippen LogP contribution in [0.25, 0.3) is 0 Å². The molecule has 2 atom stereocenters. The predicted octanol–water partition coefficient (Wildman–Crippen LogP) is 2.72. The van der Waals surface area contributed by atoms with E-state index in [0.29, 0.717) is 19.0 Å². The van der Waals surface area contributed by atoms with Crippen molar-refractivity contribution in [1.29, 1.82) is 0 Å². The minimum atomic E-state index is -3.36. The van der Waals surface area contributed by atoms with Crippen molar-refractivity contribution in [3.63, 3.8) is 0 Å². The third-order valence-corrected chi connectivity index (χ3v) is 7.64. The van der Waals surface area contributed by atoms with E-state index in [1.165, 1.54) is 24.5 Å². The Hall–Kier alpha value is -2.79. The van der Waals surface area contributed by atoms with Crippen LogP contribution >= 0.6 is 0 Å². The summed E-state index contributed by atoms with van der Waals surface area (Å²) in [6.07, 6.45) is 4.83. The van der Waals surface area contributed by atoms with Gasteiger partial charge in [0, 0.05) is 39.0 Å². The molecule has 9 nitrogen and oxygen atoms in total. The average molecular weight is 506 g/mol. The number of anilines is 1. The molecule has 2 saturated heterocycles. The summed E-state index contributed by atoms with van der Waals surface area (Å²) in [4.78, 5) is 27.6. The standard InChI is InChI=1S/C24H32FN5O4S/c1-17-14-29(23-26-12-22(13-27-23)35(3,32)33)15-18(2)30(17)24(31)34-21-8-10-28(11-9-21)16-19-4-6-20(25)7-5-19/h4-7,12-13,17-18,21H,8-11,14-16H2,1-3H3/t17-,18+. The first-order chi connectivity index (χ1) is 16.6. The Kier molecular flexibility index (Phi) is 7.56. The number of nitrogens with zero attached hydrogens (tertiary/aromatic N) is 5. The average Bonchev–Trinajstić information content (AvgIpc) is 2.81. The third kappa shape index (κ3) is 6.26. The zero-order valence-electron chi connectivity index (χ0n) is 20.3. The van der Waals surface area contributed by atoms with Crippen molar-refractivity contribution in [3.05, 3.63) is 48.0 Å². The Morgan fingerprint density at radius 1 is 1.06 bits per heavy atom. The number of benzene rings is 1. The summed E-state index contributed by atoms with van der Waals surface area (Å²) < 4.78 is 42.3. The van der Waals surface area contributed by atoms with Crippen LogP contribution in [0.3, 0.4) is 0 Å². The van der Waals surface area contributed by atoms with Crippen LogP contribution in [0.15, 0.2) is 41.6 Å². The molecular weight excluding hydrogens is 473 g/mol. The molecule has 0 N–H and O–H groups in total. The lowest BCUT2D eigenvalue weighted by Gasteiger charge is -2.44. The zero-order chi connectivity index (χ0) is 25.2. The largest absolute Gasteiger partial charge is 0.446 e. The van der Waals surface area contributed by atoms with Gasteiger partial charge in [-0.1, -0.05) is 12.1 Å². The van der Waals surface area contributed by atoms with E-state index in [1.807, 2.05) is 18.7 Å². The number of hydrogen-bond donors (Lipinski definition) is 0. The van der Waals surface area contributed by atoms with E-state index in [9.17, 15) is 17.6 Å². The smallest absolute Gasteiger partial charge is 0.410 e. The molecule has 0 aliphatic carbocycles. The molecule has 1 aromatic carbocycles. The molecule has 0 unspecified atom stereocenters. The Labute approximate surface area is 205 Å². The molecule has 1 amide bonds. The molecule has 0 bridgehead atoms. The molecule has 35 heavy (non-hydrogen) atoms. The van der Waals surface area contributed by atoms with Gasteiger partial charge in [-0.15, -0.1) is 0 Å². The molecule has 1 aromatic heterocycles. The van der Waals surface area contributed by atoms with Gasteiger partial charge in [-0.2, -0.15) is 0 Å². The van der Waals surface area contributed by atoms with Gasteiger partial charge in [0.15, 0.2) is 9.84 Å². The zero-order valence-corrected chi connectivity index (χ0v) is 21.1. The van der Waals surface area contributed by atoms with Crippen LogP contribution in [-0.2, 0) is 21.1 Å². The minimum absolute atomic E-state index is 0.0771. The van der Waals surface area contributed by atoms with Crippen LogP contribution < -0.4 is 4.90 Å². The molecular formula is C24H32FN5O4S. The molecule has 0 saturated carbocycles. The van der Waals surface area contributed by atoms with Crippen molar-refractivity contribution in [2.45, 2.75) is 56.3 Å². The number of likely N-dealkylation sites (tertiary alicyclic amines) is 1. The second kappa shape index (κ2) is 10.4. The van der Waals surface area contributed by atoms with Crippen LogP contribution in [0.2, 0.25) is 0 Å². The van der Waals surface area contributed by atoms with Crippen molar-refractivity contribution in [2.75, 3.05) is 37.3 Å². The summed E-state index contributed by atoms with van der Waals surface area (Å²) in [5.41, 5.74) is 1.07. The normalized spacial score (nSPS) is 22.3. The number of carbonyl (C=O) groups excluding carboxylic acids is 1. The minimum Gasteiger partial charge on any atom is -0.446 e. The Morgan fingerprint density at radius 2 is 1.63 bits per heavy atom. The highest BCUT2D eigenvalue weighted by molar-refractivity contribution is 7.90. The van der Waals surface area contributed by atoms with Gasteiger partial charge in [-0.05, 0) is 44.4 Å². The maximum Gasteiger partial charge on any atom is 0.410 e. The van der Waals surface area contributed by atoms with Gasteiger partial charge in [0.1, 0.15) is 16.8 Å². The number of carbonyl (C=O) groups is 1. The summed E-state index contributed by atoms with van der Waals surface area (Å²) >= 11 is 0. The SMILES string of the molecule is C[C@@H]1CN(c2ncc(S(C)(=O)=O)cn2)C[C@H](C)N1C(=O)OC1CCN(Cc2ccc(F)cc2)CC1. The Balaban J connectivity index is 1.28. The van der Waals surface area contributed by atoms with Crippen molar-refractivity contribution >= 4 is 21.9 Å². The van der Waals surface area contributed by atoms with Crippen LogP contribution in [0.5, 0.6) is 0 Å². The second-order valence-corrected chi connectivity index (χ2v) is 11.5. The van der Waals surface area contributed by atoms with Gasteiger partial charge in [0.05, 0.1) is 24.5 Å². The molecule has 0 radical (unpaired) electrons. The van der Waals surface area contributed by atoms with Crippen molar-refractivity contribution < 1.29 is 22.3 Å². The number of rotatable bonds is 5. The monoisotopic (exact) mass is 505 g/mol. The molecule has 11 heteroatoms. The lowest BCUT2D eigenvalue weighted by molar-refractivity contribution is 0.00995. The molecule has 2 aromatic rings. The lowest BCUT2D eigenvalue weighted by Crippen LogP contribution is -2.59. The van der Waals surface area contributed by atoms with E-state index in [1.54, 1.807) is 17.0 Å². The summed E-state index contributed by atoms with van der Waals surface area (Å²) in [5, 5.41) is 0. The predicted molar refractivity (Wildman–Crippen MR) is 129 cm³/mol. The first-order valence-electron chi connectivity index (χ1n) is 11.8. The maximum absolute atomic E-state index is 13.1. The quantitative estimate of drug-likeness (QED) is 0.612. The van der Waals surface area contributed by atoms with Gasteiger partial charge in [0.25, 0.3) is 0 Å². The van der Waals surface area contributed by atoms with E-state index in [-0.39, 0.29) is 35.0 Å². The van der Waals surface area contributed by atoms with Crippen molar-refractivity contribution in [3.8, 4) is 0 Å². The highest BCUT2D eigenvalue weighted by atomic mass is 32.2. The number of aromatic nitrogens is 2. The van der Waals surface area contributed by atoms with Crippen LogP contribution in [0, 0.1) is 5.82 Å². The molecule has 190 valence electrons. The molecule has 2 aliphatic rings. The third-order valence-electron chi connectivity index (χ3n) is 6.58. The first-order valence-corrected chi connectivity index (χ1v) is 13.7. The van der Waals surface area contributed by atoms with Crippen molar-refractivity contribution in [1.82, 2.24) is 19.8 Å². The van der Waals surface area contributed by atoms with E-state index >= 15 is 0 Å². The van der Waals surface area contributed by atoms with Gasteiger partial charge in [-0.3, -0.25) is 9.80 Å². The maximum atomic E-state index is 13.1. The van der Waals surface area contributed by atoms with Crippen LogP contribution in [0.1, 0.15) is 32.3 Å². The van der Waals surface area contributed by atoms with Crippen LogP contribution in [-0.4, -0.2) is 84.9 Å². The fourth-order valence-corrected chi connectivity index (χ4v) is 5.24. The van der Waals surface area contributed by atoms with E-state index in [0.717, 1.165) is 44.3 Å². The molecule has 4 rings (SSSR count). The first kappa shape index (κ1) is 25.3.